The molecule has 0 aliphatic carbocycles. The van der Waals surface area contributed by atoms with E-state index in [1.807, 2.05) is 0 Å². The van der Waals surface area contributed by atoms with Gasteiger partial charge < -0.3 is 5.73 Å². The number of hydrogen-bond acceptors (Lipinski definition) is 5. The second kappa shape index (κ2) is 6.75. The number of nitrogen functional groups attached to an aromatic ring is 1. The number of likely N-dealkylation sites (tertiary alicyclic amines) is 1. The van der Waals surface area contributed by atoms with Crippen molar-refractivity contribution in [2.24, 2.45) is 0 Å². The Morgan fingerprint density at radius 2 is 1.96 bits per heavy atom. The van der Waals surface area contributed by atoms with E-state index in [0.29, 0.717) is 11.9 Å². The van der Waals surface area contributed by atoms with Gasteiger partial charge in [0.15, 0.2) is 0 Å². The number of nitrogens with zero attached hydrogens (tertiary/aromatic N) is 3. The first-order valence-electron chi connectivity index (χ1n) is 8.31. The first kappa shape index (κ1) is 15.4. The number of benzene rings is 1. The van der Waals surface area contributed by atoms with Gasteiger partial charge in [-0.15, -0.1) is 16.4 Å². The summed E-state index contributed by atoms with van der Waals surface area (Å²) >= 11 is 1.78. The molecule has 0 atom stereocenters. The second-order valence-electron chi connectivity index (χ2n) is 6.30. The highest BCUT2D eigenvalue weighted by molar-refractivity contribution is 7.13. The number of anilines is 1. The van der Waals surface area contributed by atoms with E-state index < -0.39 is 0 Å². The van der Waals surface area contributed by atoms with Crippen LogP contribution in [-0.4, -0.2) is 33.2 Å². The van der Waals surface area contributed by atoms with Crippen molar-refractivity contribution >= 4 is 17.3 Å². The van der Waals surface area contributed by atoms with Crippen molar-refractivity contribution in [2.75, 3.05) is 18.8 Å². The Morgan fingerprint density at radius 1 is 1.17 bits per heavy atom. The summed E-state index contributed by atoms with van der Waals surface area (Å²) in [6.45, 7) is 3.17. The van der Waals surface area contributed by atoms with E-state index in [-0.39, 0.29) is 0 Å². The average Bonchev–Trinajstić information content (AvgIpc) is 3.28. The Balaban J connectivity index is 1.33. The zero-order valence-electron chi connectivity index (χ0n) is 13.5. The van der Waals surface area contributed by atoms with Crippen LogP contribution in [0, 0.1) is 0 Å². The quantitative estimate of drug-likeness (QED) is 0.763. The number of thiophene rings is 1. The molecule has 0 saturated carbocycles. The lowest BCUT2D eigenvalue weighted by molar-refractivity contribution is 0.202. The standard InChI is InChI=1S/C18H21N5S/c19-18-20-17(21-22-18)15-7-9-23(10-8-15)12-13-3-5-14(6-4-13)16-2-1-11-24-16/h1-6,11,15H,7-10,12H2,(H3,19,20,21,22). The Bertz CT molecular complexity index is 770. The van der Waals surface area contributed by atoms with Gasteiger partial charge in [-0.25, -0.2) is 0 Å². The molecule has 4 rings (SSSR count). The highest BCUT2D eigenvalue weighted by Gasteiger charge is 2.23. The maximum Gasteiger partial charge on any atom is 0.239 e. The van der Waals surface area contributed by atoms with Crippen LogP contribution in [0.5, 0.6) is 0 Å². The molecule has 3 heterocycles. The van der Waals surface area contributed by atoms with E-state index in [4.69, 9.17) is 5.73 Å². The average molecular weight is 339 g/mol. The van der Waals surface area contributed by atoms with Gasteiger partial charge >= 0.3 is 0 Å². The molecule has 2 aromatic heterocycles. The van der Waals surface area contributed by atoms with E-state index >= 15 is 0 Å². The maximum atomic E-state index is 5.60. The summed E-state index contributed by atoms with van der Waals surface area (Å²) in [6.07, 6.45) is 2.20. The molecule has 1 aliphatic rings. The molecule has 6 heteroatoms. The van der Waals surface area contributed by atoms with Crippen molar-refractivity contribution in [2.45, 2.75) is 25.3 Å². The van der Waals surface area contributed by atoms with Gasteiger partial charge in [0.25, 0.3) is 0 Å². The number of hydrogen-bond donors (Lipinski definition) is 2. The van der Waals surface area contributed by atoms with Crippen molar-refractivity contribution in [3.8, 4) is 10.4 Å². The molecule has 0 amide bonds. The van der Waals surface area contributed by atoms with E-state index in [0.717, 1.165) is 38.3 Å². The predicted molar refractivity (Wildman–Crippen MR) is 97.8 cm³/mol. The van der Waals surface area contributed by atoms with Crippen LogP contribution in [0.3, 0.4) is 0 Å². The third kappa shape index (κ3) is 3.34. The molecule has 1 saturated heterocycles. The third-order valence-electron chi connectivity index (χ3n) is 4.66. The second-order valence-corrected chi connectivity index (χ2v) is 7.25. The van der Waals surface area contributed by atoms with Crippen molar-refractivity contribution in [1.29, 1.82) is 0 Å². The minimum Gasteiger partial charge on any atom is -0.367 e. The number of aromatic nitrogens is 3. The molecule has 3 N–H and O–H groups in total. The lowest BCUT2D eigenvalue weighted by atomic mass is 9.96. The molecular formula is C18H21N5S. The van der Waals surface area contributed by atoms with E-state index in [1.165, 1.54) is 16.0 Å². The number of H-pyrrole nitrogens is 1. The number of nitrogens with one attached hydrogen (secondary N) is 1. The van der Waals surface area contributed by atoms with E-state index in [9.17, 15) is 0 Å². The van der Waals surface area contributed by atoms with Crippen LogP contribution >= 0.6 is 11.3 Å². The lowest BCUT2D eigenvalue weighted by Gasteiger charge is -2.30. The Hall–Kier alpha value is -2.18. The highest BCUT2D eigenvalue weighted by atomic mass is 32.1. The minimum absolute atomic E-state index is 0.346. The smallest absolute Gasteiger partial charge is 0.239 e. The van der Waals surface area contributed by atoms with Gasteiger partial charge in [0.05, 0.1) is 0 Å². The van der Waals surface area contributed by atoms with Crippen LogP contribution in [0.4, 0.5) is 5.95 Å². The fraction of sp³-hybridized carbons (Fsp3) is 0.333. The maximum absolute atomic E-state index is 5.60. The number of aromatic amines is 1. The van der Waals surface area contributed by atoms with Crippen molar-refractivity contribution < 1.29 is 0 Å². The normalized spacial score (nSPS) is 16.5. The van der Waals surface area contributed by atoms with Crippen molar-refractivity contribution in [1.82, 2.24) is 20.1 Å². The van der Waals surface area contributed by atoms with Crippen LogP contribution in [0.15, 0.2) is 41.8 Å². The Labute approximate surface area is 145 Å². The summed E-state index contributed by atoms with van der Waals surface area (Å²) in [5.41, 5.74) is 8.27. The molecule has 3 aromatic rings. The topological polar surface area (TPSA) is 70.8 Å². The highest BCUT2D eigenvalue weighted by Crippen LogP contribution is 2.28. The summed E-state index contributed by atoms with van der Waals surface area (Å²) in [6, 6.07) is 13.2. The zero-order chi connectivity index (χ0) is 16.4. The van der Waals surface area contributed by atoms with Crippen molar-refractivity contribution in [3.05, 3.63) is 53.2 Å². The van der Waals surface area contributed by atoms with Gasteiger partial charge in [-0.3, -0.25) is 10.00 Å². The number of piperidine rings is 1. The summed E-state index contributed by atoms with van der Waals surface area (Å²) in [7, 11) is 0. The molecule has 5 nitrogen and oxygen atoms in total. The van der Waals surface area contributed by atoms with Crippen LogP contribution in [0.1, 0.15) is 30.1 Å². The van der Waals surface area contributed by atoms with Gasteiger partial charge in [0, 0.05) is 17.3 Å². The minimum atomic E-state index is 0.346. The summed E-state index contributed by atoms with van der Waals surface area (Å²) in [5.74, 6) is 1.73. The summed E-state index contributed by atoms with van der Waals surface area (Å²) < 4.78 is 0. The van der Waals surface area contributed by atoms with Crippen LogP contribution in [0.2, 0.25) is 0 Å². The number of nitrogens with two attached hydrogens (primary N) is 1. The van der Waals surface area contributed by atoms with Gasteiger partial charge in [-0.1, -0.05) is 30.3 Å². The Morgan fingerprint density at radius 3 is 2.58 bits per heavy atom. The van der Waals surface area contributed by atoms with Gasteiger partial charge in [0.2, 0.25) is 5.95 Å². The molecule has 1 fully saturated rings. The SMILES string of the molecule is Nc1n[nH]c(C2CCN(Cc3ccc(-c4cccs4)cc3)CC2)n1. The molecule has 1 aliphatic heterocycles. The molecule has 24 heavy (non-hydrogen) atoms. The van der Waals surface area contributed by atoms with E-state index in [2.05, 4.69) is 61.9 Å². The molecule has 0 spiro atoms. The first-order chi connectivity index (χ1) is 11.8. The van der Waals surface area contributed by atoms with Crippen LogP contribution in [0.25, 0.3) is 10.4 Å². The number of rotatable bonds is 4. The fourth-order valence-corrected chi connectivity index (χ4v) is 4.04. The molecular weight excluding hydrogens is 318 g/mol. The van der Waals surface area contributed by atoms with Crippen LogP contribution < -0.4 is 5.73 Å². The van der Waals surface area contributed by atoms with Crippen molar-refractivity contribution in [3.63, 3.8) is 0 Å². The first-order valence-corrected chi connectivity index (χ1v) is 9.19. The molecule has 0 bridgehead atoms. The van der Waals surface area contributed by atoms with Gasteiger partial charge in [-0.05, 0) is 48.5 Å². The zero-order valence-corrected chi connectivity index (χ0v) is 14.3. The lowest BCUT2D eigenvalue weighted by Crippen LogP contribution is -2.32. The predicted octanol–water partition coefficient (Wildman–Crippen LogP) is 3.50. The summed E-state index contributed by atoms with van der Waals surface area (Å²) in [5, 5.41) is 9.01. The van der Waals surface area contributed by atoms with Gasteiger partial charge in [-0.2, -0.15) is 4.98 Å². The van der Waals surface area contributed by atoms with E-state index in [1.54, 1.807) is 11.3 Å². The third-order valence-corrected chi connectivity index (χ3v) is 5.58. The fourth-order valence-electron chi connectivity index (χ4n) is 3.31. The molecule has 124 valence electrons. The van der Waals surface area contributed by atoms with Gasteiger partial charge in [0.1, 0.15) is 5.82 Å². The monoisotopic (exact) mass is 339 g/mol. The molecule has 0 unspecified atom stereocenters. The largest absolute Gasteiger partial charge is 0.367 e. The Kier molecular flexibility index (Phi) is 4.32. The molecule has 0 radical (unpaired) electrons. The summed E-state index contributed by atoms with van der Waals surface area (Å²) in [4.78, 5) is 8.11. The molecule has 1 aromatic carbocycles. The van der Waals surface area contributed by atoms with Crippen LogP contribution in [-0.2, 0) is 6.54 Å².